The summed E-state index contributed by atoms with van der Waals surface area (Å²) in [6.45, 7) is 0.0499. The van der Waals surface area contributed by atoms with Crippen molar-refractivity contribution in [2.45, 2.75) is 16.6 Å². The van der Waals surface area contributed by atoms with Gasteiger partial charge in [0.1, 0.15) is 0 Å². The average molecular weight is 252 g/mol. The fraction of sp³-hybridized carbons (Fsp3) is 0.167. The molecule has 4 heteroatoms. The van der Waals surface area contributed by atoms with Gasteiger partial charge < -0.3 is 5.11 Å². The molecule has 0 aliphatic carbocycles. The van der Waals surface area contributed by atoms with Crippen molar-refractivity contribution in [3.63, 3.8) is 0 Å². The van der Waals surface area contributed by atoms with Gasteiger partial charge in [0.2, 0.25) is 0 Å². The molecule has 0 saturated carbocycles. The van der Waals surface area contributed by atoms with Gasteiger partial charge in [-0.25, -0.2) is 0 Å². The van der Waals surface area contributed by atoms with Crippen LogP contribution in [0.4, 0.5) is 0 Å². The quantitative estimate of drug-likeness (QED) is 0.908. The number of thiophene rings is 1. The third-order valence-electron chi connectivity index (χ3n) is 2.22. The summed E-state index contributed by atoms with van der Waals surface area (Å²) in [6.07, 6.45) is 0. The van der Waals surface area contributed by atoms with Gasteiger partial charge in [-0.05, 0) is 22.6 Å². The summed E-state index contributed by atoms with van der Waals surface area (Å²) in [5, 5.41) is 10.8. The first-order valence-electron chi connectivity index (χ1n) is 4.90. The first-order chi connectivity index (χ1) is 7.79. The Labute approximate surface area is 101 Å². The molecule has 1 N–H and O–H groups in total. The van der Waals surface area contributed by atoms with Crippen LogP contribution in [0.5, 0.6) is 0 Å². The molecular formula is C12H12O2S2. The van der Waals surface area contributed by atoms with Crippen LogP contribution in [0, 0.1) is 0 Å². The second-order valence-electron chi connectivity index (χ2n) is 3.40. The first-order valence-corrected chi connectivity index (χ1v) is 7.10. The lowest BCUT2D eigenvalue weighted by Crippen LogP contribution is -1.94. The summed E-state index contributed by atoms with van der Waals surface area (Å²) in [4.78, 5) is 0. The van der Waals surface area contributed by atoms with Crippen LogP contribution in [0.3, 0.4) is 0 Å². The Morgan fingerprint density at radius 3 is 2.38 bits per heavy atom. The summed E-state index contributed by atoms with van der Waals surface area (Å²) in [6, 6.07) is 11.4. The summed E-state index contributed by atoms with van der Waals surface area (Å²) in [5.74, 6) is 0.534. The van der Waals surface area contributed by atoms with Crippen molar-refractivity contribution in [2.75, 3.05) is 0 Å². The number of benzene rings is 1. The molecule has 0 fully saturated rings. The molecule has 0 saturated heterocycles. The van der Waals surface area contributed by atoms with E-state index < -0.39 is 10.8 Å². The number of aliphatic hydroxyl groups is 1. The second kappa shape index (κ2) is 5.39. The van der Waals surface area contributed by atoms with E-state index >= 15 is 0 Å². The van der Waals surface area contributed by atoms with Crippen molar-refractivity contribution in [3.05, 3.63) is 52.9 Å². The maximum atomic E-state index is 11.9. The molecule has 0 aliphatic rings. The molecule has 1 atom stereocenters. The molecule has 0 radical (unpaired) electrons. The van der Waals surface area contributed by atoms with Gasteiger partial charge in [-0.2, -0.15) is 0 Å². The largest absolute Gasteiger partial charge is 0.392 e. The van der Waals surface area contributed by atoms with E-state index in [1.54, 1.807) is 0 Å². The van der Waals surface area contributed by atoms with E-state index in [4.69, 9.17) is 5.11 Å². The lowest BCUT2D eigenvalue weighted by molar-refractivity contribution is 0.282. The van der Waals surface area contributed by atoms with E-state index in [-0.39, 0.29) is 6.61 Å². The van der Waals surface area contributed by atoms with Crippen LogP contribution < -0.4 is 0 Å². The van der Waals surface area contributed by atoms with E-state index in [0.717, 1.165) is 15.3 Å². The summed E-state index contributed by atoms with van der Waals surface area (Å²) >= 11 is 1.52. The van der Waals surface area contributed by atoms with Crippen LogP contribution in [-0.2, 0) is 23.2 Å². The third kappa shape index (κ3) is 2.78. The van der Waals surface area contributed by atoms with Crippen molar-refractivity contribution in [1.82, 2.24) is 0 Å². The van der Waals surface area contributed by atoms with Crippen LogP contribution in [0.2, 0.25) is 0 Å². The summed E-state index contributed by atoms with van der Waals surface area (Å²) in [7, 11) is -0.956. The fourth-order valence-electron chi connectivity index (χ4n) is 1.36. The van der Waals surface area contributed by atoms with Gasteiger partial charge in [0.25, 0.3) is 0 Å². The number of aliphatic hydroxyl groups excluding tert-OH is 1. The lowest BCUT2D eigenvalue weighted by Gasteiger charge is -2.01. The molecule has 1 aromatic heterocycles. The topological polar surface area (TPSA) is 37.3 Å². The summed E-state index contributed by atoms with van der Waals surface area (Å²) in [5.41, 5.74) is 1.91. The van der Waals surface area contributed by atoms with E-state index in [1.165, 1.54) is 11.3 Å². The molecule has 2 aromatic rings. The standard InChI is InChI=1S/C12H12O2S2/c13-8-10-3-5-11(6-4-10)9-16(14)12-2-1-7-15-12/h1-7,13H,8-9H2. The molecular weight excluding hydrogens is 240 g/mol. The number of rotatable bonds is 4. The van der Waals surface area contributed by atoms with Crippen molar-refractivity contribution < 1.29 is 9.32 Å². The molecule has 1 unspecified atom stereocenters. The SMILES string of the molecule is O=S(Cc1ccc(CO)cc1)c1cccs1. The normalized spacial score (nSPS) is 12.6. The van der Waals surface area contributed by atoms with Crippen molar-refractivity contribution in [2.24, 2.45) is 0 Å². The predicted molar refractivity (Wildman–Crippen MR) is 66.8 cm³/mol. The van der Waals surface area contributed by atoms with Crippen LogP contribution in [0.1, 0.15) is 11.1 Å². The van der Waals surface area contributed by atoms with Crippen molar-refractivity contribution in [1.29, 1.82) is 0 Å². The van der Waals surface area contributed by atoms with Crippen molar-refractivity contribution >= 4 is 22.1 Å². The molecule has 1 heterocycles. The molecule has 0 bridgehead atoms. The highest BCUT2D eigenvalue weighted by Gasteiger charge is 2.05. The fourth-order valence-corrected chi connectivity index (χ4v) is 3.45. The first kappa shape index (κ1) is 11.5. The molecule has 0 spiro atoms. The van der Waals surface area contributed by atoms with E-state index in [9.17, 15) is 4.21 Å². The van der Waals surface area contributed by atoms with Crippen LogP contribution in [0.15, 0.2) is 46.0 Å². The molecule has 2 nitrogen and oxygen atoms in total. The minimum absolute atomic E-state index is 0.0499. The zero-order valence-electron chi connectivity index (χ0n) is 8.63. The second-order valence-corrected chi connectivity index (χ2v) is 6.02. The molecule has 16 heavy (non-hydrogen) atoms. The van der Waals surface area contributed by atoms with Crippen LogP contribution in [-0.4, -0.2) is 9.32 Å². The molecule has 1 aromatic carbocycles. The van der Waals surface area contributed by atoms with Gasteiger partial charge in [0.15, 0.2) is 0 Å². The van der Waals surface area contributed by atoms with Gasteiger partial charge in [-0.3, -0.25) is 4.21 Å². The summed E-state index contributed by atoms with van der Waals surface area (Å²) < 4.78 is 12.8. The Bertz CT molecular complexity index is 460. The Morgan fingerprint density at radius 2 is 1.81 bits per heavy atom. The van der Waals surface area contributed by atoms with Gasteiger partial charge in [-0.15, -0.1) is 11.3 Å². The highest BCUT2D eigenvalue weighted by atomic mass is 32.2. The van der Waals surface area contributed by atoms with E-state index in [2.05, 4.69) is 0 Å². The lowest BCUT2D eigenvalue weighted by atomic mass is 10.2. The highest BCUT2D eigenvalue weighted by molar-refractivity contribution is 7.86. The smallest absolute Gasteiger partial charge is 0.0913 e. The maximum Gasteiger partial charge on any atom is 0.0913 e. The zero-order valence-corrected chi connectivity index (χ0v) is 10.3. The molecule has 0 aliphatic heterocycles. The monoisotopic (exact) mass is 252 g/mol. The minimum atomic E-state index is -0.956. The van der Waals surface area contributed by atoms with Gasteiger partial charge in [-0.1, -0.05) is 30.3 Å². The Kier molecular flexibility index (Phi) is 3.88. The molecule has 84 valence electrons. The Hall–Kier alpha value is -0.970. The third-order valence-corrected chi connectivity index (χ3v) is 4.91. The molecule has 0 amide bonds. The van der Waals surface area contributed by atoms with Crippen LogP contribution in [0.25, 0.3) is 0 Å². The van der Waals surface area contributed by atoms with Crippen molar-refractivity contribution in [3.8, 4) is 0 Å². The zero-order chi connectivity index (χ0) is 11.4. The predicted octanol–water partition coefficient (Wildman–Crippen LogP) is 2.55. The Morgan fingerprint density at radius 1 is 1.12 bits per heavy atom. The highest BCUT2D eigenvalue weighted by Crippen LogP contribution is 2.17. The van der Waals surface area contributed by atoms with Gasteiger partial charge in [0, 0.05) is 0 Å². The maximum absolute atomic E-state index is 11.9. The average Bonchev–Trinajstić information content (AvgIpc) is 2.83. The number of hydrogen-bond donors (Lipinski definition) is 1. The van der Waals surface area contributed by atoms with Gasteiger partial charge in [0.05, 0.1) is 27.4 Å². The van der Waals surface area contributed by atoms with Gasteiger partial charge >= 0.3 is 0 Å². The van der Waals surface area contributed by atoms with E-state index in [1.807, 2.05) is 41.8 Å². The number of hydrogen-bond acceptors (Lipinski definition) is 3. The molecule has 2 rings (SSSR count). The van der Waals surface area contributed by atoms with E-state index in [0.29, 0.717) is 5.75 Å². The Balaban J connectivity index is 2.06. The van der Waals surface area contributed by atoms with Crippen LogP contribution >= 0.6 is 11.3 Å². The minimum Gasteiger partial charge on any atom is -0.392 e.